The van der Waals surface area contributed by atoms with Gasteiger partial charge in [-0.05, 0) is 19.4 Å². The molecule has 5 heteroatoms. The summed E-state index contributed by atoms with van der Waals surface area (Å²) < 4.78 is 2.15. The fourth-order valence-corrected chi connectivity index (χ4v) is 1.92. The molecule has 1 heterocycles. The van der Waals surface area contributed by atoms with E-state index in [9.17, 15) is 0 Å². The van der Waals surface area contributed by atoms with Crippen LogP contribution in [-0.2, 0) is 6.54 Å². The van der Waals surface area contributed by atoms with Gasteiger partial charge >= 0.3 is 0 Å². The smallest absolute Gasteiger partial charge is 0.0945 e. The van der Waals surface area contributed by atoms with Crippen LogP contribution in [0.4, 0.5) is 0 Å². The summed E-state index contributed by atoms with van der Waals surface area (Å²) in [4.78, 5) is 4.03. The number of imidazole rings is 1. The molecule has 0 aliphatic carbocycles. The van der Waals surface area contributed by atoms with Crippen LogP contribution in [-0.4, -0.2) is 16.1 Å². The lowest BCUT2D eigenvalue weighted by Gasteiger charge is -2.02. The third kappa shape index (κ3) is 10.9. The Labute approximate surface area is 123 Å². The number of aromatic nitrogens is 2. The summed E-state index contributed by atoms with van der Waals surface area (Å²) in [6.45, 7) is 1.97. The second kappa shape index (κ2) is 14.8. The van der Waals surface area contributed by atoms with Crippen molar-refractivity contribution in [2.24, 2.45) is 5.73 Å². The Hall–Kier alpha value is -0.250. The number of hydrogen-bond acceptors (Lipinski definition) is 2. The third-order valence-electron chi connectivity index (χ3n) is 2.93. The number of unbranched alkanes of at least 4 members (excludes halogenated alkanes) is 7. The summed E-state index contributed by atoms with van der Waals surface area (Å²) in [5.74, 6) is 0. The van der Waals surface area contributed by atoms with Crippen LogP contribution in [0.15, 0.2) is 18.7 Å². The second-order valence-corrected chi connectivity index (χ2v) is 4.42. The largest absolute Gasteiger partial charge is 0.337 e. The van der Waals surface area contributed by atoms with Gasteiger partial charge in [-0.15, -0.1) is 24.8 Å². The predicted molar refractivity (Wildman–Crippen MR) is 82.7 cm³/mol. The van der Waals surface area contributed by atoms with Crippen molar-refractivity contribution in [2.75, 3.05) is 6.54 Å². The first-order valence-electron chi connectivity index (χ1n) is 6.59. The van der Waals surface area contributed by atoms with E-state index in [2.05, 4.69) is 9.55 Å². The first-order valence-corrected chi connectivity index (χ1v) is 6.59. The Morgan fingerprint density at radius 1 is 0.833 bits per heavy atom. The van der Waals surface area contributed by atoms with E-state index in [0.29, 0.717) is 0 Å². The lowest BCUT2D eigenvalue weighted by Crippen LogP contribution is -1.97. The summed E-state index contributed by atoms with van der Waals surface area (Å²) in [6.07, 6.45) is 16.4. The van der Waals surface area contributed by atoms with Crippen molar-refractivity contribution in [2.45, 2.75) is 57.9 Å². The zero-order valence-electron chi connectivity index (χ0n) is 11.1. The zero-order valence-corrected chi connectivity index (χ0v) is 12.7. The molecule has 0 aromatic carbocycles. The quantitative estimate of drug-likeness (QED) is 0.667. The van der Waals surface area contributed by atoms with Gasteiger partial charge in [0.1, 0.15) is 0 Å². The second-order valence-electron chi connectivity index (χ2n) is 4.42. The van der Waals surface area contributed by atoms with Crippen molar-refractivity contribution < 1.29 is 0 Å². The number of halogens is 2. The van der Waals surface area contributed by atoms with Crippen molar-refractivity contribution in [1.82, 2.24) is 9.55 Å². The van der Waals surface area contributed by atoms with E-state index < -0.39 is 0 Å². The first kappa shape index (κ1) is 20.1. The monoisotopic (exact) mass is 295 g/mol. The maximum atomic E-state index is 5.45. The average molecular weight is 296 g/mol. The fraction of sp³-hybridized carbons (Fsp3) is 0.769. The topological polar surface area (TPSA) is 43.8 Å². The lowest BCUT2D eigenvalue weighted by atomic mass is 10.1. The highest BCUT2D eigenvalue weighted by molar-refractivity contribution is 5.85. The van der Waals surface area contributed by atoms with Crippen molar-refractivity contribution in [3.05, 3.63) is 18.7 Å². The Kier molecular flexibility index (Phi) is 16.5. The highest BCUT2D eigenvalue weighted by Crippen LogP contribution is 2.08. The SMILES string of the molecule is Cl.Cl.NCCCCCCCCCCn1ccnc1. The van der Waals surface area contributed by atoms with Crippen LogP contribution in [0, 0.1) is 0 Å². The van der Waals surface area contributed by atoms with Crippen LogP contribution >= 0.6 is 24.8 Å². The molecule has 1 aromatic rings. The minimum atomic E-state index is 0. The van der Waals surface area contributed by atoms with Crippen LogP contribution in [0.2, 0.25) is 0 Å². The Balaban J connectivity index is 0. The van der Waals surface area contributed by atoms with Crippen LogP contribution < -0.4 is 5.73 Å². The summed E-state index contributed by atoms with van der Waals surface area (Å²) in [5, 5.41) is 0. The minimum absolute atomic E-state index is 0. The van der Waals surface area contributed by atoms with Crippen molar-refractivity contribution in [1.29, 1.82) is 0 Å². The van der Waals surface area contributed by atoms with Gasteiger partial charge in [0, 0.05) is 18.9 Å². The van der Waals surface area contributed by atoms with Gasteiger partial charge in [0.05, 0.1) is 6.33 Å². The Morgan fingerprint density at radius 2 is 1.39 bits per heavy atom. The molecule has 18 heavy (non-hydrogen) atoms. The van der Waals surface area contributed by atoms with Crippen LogP contribution in [0.5, 0.6) is 0 Å². The van der Waals surface area contributed by atoms with Gasteiger partial charge in [-0.3, -0.25) is 0 Å². The molecule has 0 atom stereocenters. The van der Waals surface area contributed by atoms with Gasteiger partial charge in [0.15, 0.2) is 0 Å². The van der Waals surface area contributed by atoms with E-state index >= 15 is 0 Å². The van der Waals surface area contributed by atoms with Crippen molar-refractivity contribution in [3.8, 4) is 0 Å². The molecule has 0 radical (unpaired) electrons. The molecule has 0 spiro atoms. The standard InChI is InChI=1S/C13H25N3.2ClH/c14-9-7-5-3-1-2-4-6-8-11-16-12-10-15-13-16;;/h10,12-13H,1-9,11,14H2;2*1H. The number of rotatable bonds is 10. The molecule has 0 saturated heterocycles. The molecule has 3 nitrogen and oxygen atoms in total. The van der Waals surface area contributed by atoms with Crippen LogP contribution in [0.1, 0.15) is 51.4 Å². The molecule has 0 aliphatic rings. The molecule has 108 valence electrons. The molecule has 1 rings (SSSR count). The Bertz CT molecular complexity index is 240. The van der Waals surface area contributed by atoms with E-state index in [1.807, 2.05) is 18.7 Å². The number of nitrogens with two attached hydrogens (primary N) is 1. The van der Waals surface area contributed by atoms with E-state index in [-0.39, 0.29) is 24.8 Å². The van der Waals surface area contributed by atoms with Crippen molar-refractivity contribution in [3.63, 3.8) is 0 Å². The number of hydrogen-bond donors (Lipinski definition) is 1. The van der Waals surface area contributed by atoms with E-state index in [1.165, 1.54) is 51.4 Å². The van der Waals surface area contributed by atoms with E-state index in [1.54, 1.807) is 0 Å². The molecule has 0 fully saturated rings. The van der Waals surface area contributed by atoms with Gasteiger partial charge in [-0.25, -0.2) is 4.98 Å². The molecule has 0 aliphatic heterocycles. The molecular formula is C13H27Cl2N3. The van der Waals surface area contributed by atoms with Gasteiger partial charge in [-0.2, -0.15) is 0 Å². The third-order valence-corrected chi connectivity index (χ3v) is 2.93. The number of nitrogens with zero attached hydrogens (tertiary/aromatic N) is 2. The Morgan fingerprint density at radius 3 is 1.89 bits per heavy atom. The maximum absolute atomic E-state index is 5.45. The van der Waals surface area contributed by atoms with Crippen LogP contribution in [0.3, 0.4) is 0 Å². The van der Waals surface area contributed by atoms with Gasteiger partial charge in [-0.1, -0.05) is 38.5 Å². The maximum Gasteiger partial charge on any atom is 0.0945 e. The summed E-state index contributed by atoms with van der Waals surface area (Å²) in [5.41, 5.74) is 5.45. The molecule has 2 N–H and O–H groups in total. The summed E-state index contributed by atoms with van der Waals surface area (Å²) >= 11 is 0. The predicted octanol–water partition coefficient (Wildman–Crippen LogP) is 3.81. The van der Waals surface area contributed by atoms with E-state index in [4.69, 9.17) is 5.73 Å². The normalized spacial score (nSPS) is 9.61. The fourth-order valence-electron chi connectivity index (χ4n) is 1.92. The minimum Gasteiger partial charge on any atom is -0.337 e. The average Bonchev–Trinajstić information content (AvgIpc) is 2.80. The molecule has 0 unspecified atom stereocenters. The highest BCUT2D eigenvalue weighted by atomic mass is 35.5. The molecule has 0 saturated carbocycles. The van der Waals surface area contributed by atoms with Gasteiger partial charge in [0.2, 0.25) is 0 Å². The van der Waals surface area contributed by atoms with Gasteiger partial charge < -0.3 is 10.3 Å². The molecule has 0 bridgehead atoms. The summed E-state index contributed by atoms with van der Waals surface area (Å²) in [7, 11) is 0. The molecule has 1 aromatic heterocycles. The summed E-state index contributed by atoms with van der Waals surface area (Å²) in [6, 6.07) is 0. The van der Waals surface area contributed by atoms with Crippen molar-refractivity contribution >= 4 is 24.8 Å². The van der Waals surface area contributed by atoms with Gasteiger partial charge in [0.25, 0.3) is 0 Å². The zero-order chi connectivity index (χ0) is 11.5. The first-order chi connectivity index (χ1) is 7.93. The molecular weight excluding hydrogens is 269 g/mol. The van der Waals surface area contributed by atoms with E-state index in [0.717, 1.165) is 13.1 Å². The molecule has 0 amide bonds. The number of aryl methyl sites for hydroxylation is 1. The van der Waals surface area contributed by atoms with Crippen LogP contribution in [0.25, 0.3) is 0 Å². The lowest BCUT2D eigenvalue weighted by molar-refractivity contribution is 0.541. The highest BCUT2D eigenvalue weighted by Gasteiger charge is 1.93.